The molecule has 0 atom stereocenters. The number of tetrazole rings is 1. The first-order valence-corrected chi connectivity index (χ1v) is 11.3. The SMILES string of the molecule is Cc1cccc(-n2nnnc2SCCC(=O)Nc2sc3c(c2C#N)CCCC3)c1. The van der Waals surface area contributed by atoms with Crippen LogP contribution in [0.5, 0.6) is 0 Å². The predicted octanol–water partition coefficient (Wildman–Crippen LogP) is 3.90. The fraction of sp³-hybridized carbons (Fsp3) is 0.350. The van der Waals surface area contributed by atoms with E-state index in [9.17, 15) is 10.1 Å². The van der Waals surface area contributed by atoms with Crippen molar-refractivity contribution >= 4 is 34.0 Å². The molecule has 0 bridgehead atoms. The molecule has 148 valence electrons. The Hall–Kier alpha value is -2.70. The summed E-state index contributed by atoms with van der Waals surface area (Å²) >= 11 is 2.98. The first-order chi connectivity index (χ1) is 14.2. The second kappa shape index (κ2) is 8.76. The highest BCUT2D eigenvalue weighted by molar-refractivity contribution is 7.99. The molecule has 1 aliphatic carbocycles. The maximum absolute atomic E-state index is 12.4. The topological polar surface area (TPSA) is 96.5 Å². The average Bonchev–Trinajstić information content (AvgIpc) is 3.31. The van der Waals surface area contributed by atoms with Crippen molar-refractivity contribution in [3.8, 4) is 11.8 Å². The Balaban J connectivity index is 1.37. The van der Waals surface area contributed by atoms with Gasteiger partial charge in [0.2, 0.25) is 11.1 Å². The first kappa shape index (κ1) is 19.6. The van der Waals surface area contributed by atoms with E-state index in [0.29, 0.717) is 27.9 Å². The van der Waals surface area contributed by atoms with Crippen molar-refractivity contribution in [2.24, 2.45) is 0 Å². The lowest BCUT2D eigenvalue weighted by molar-refractivity contribution is -0.115. The maximum Gasteiger partial charge on any atom is 0.225 e. The van der Waals surface area contributed by atoms with Crippen molar-refractivity contribution in [3.05, 3.63) is 45.8 Å². The van der Waals surface area contributed by atoms with Gasteiger partial charge in [-0.05, 0) is 66.3 Å². The van der Waals surface area contributed by atoms with Gasteiger partial charge in [-0.2, -0.15) is 9.94 Å². The van der Waals surface area contributed by atoms with E-state index >= 15 is 0 Å². The van der Waals surface area contributed by atoms with Crippen LogP contribution in [0.25, 0.3) is 5.69 Å². The zero-order chi connectivity index (χ0) is 20.2. The summed E-state index contributed by atoms with van der Waals surface area (Å²) in [6.07, 6.45) is 4.51. The van der Waals surface area contributed by atoms with E-state index < -0.39 is 0 Å². The third-order valence-corrected chi connectivity index (χ3v) is 6.91. The fourth-order valence-corrected chi connectivity index (χ4v) is 5.47. The summed E-state index contributed by atoms with van der Waals surface area (Å²) in [6.45, 7) is 2.02. The minimum atomic E-state index is -0.0952. The fourth-order valence-electron chi connectivity index (χ4n) is 3.39. The van der Waals surface area contributed by atoms with Crippen LogP contribution in [0.4, 0.5) is 5.00 Å². The van der Waals surface area contributed by atoms with E-state index in [1.54, 1.807) is 16.0 Å². The lowest BCUT2D eigenvalue weighted by Gasteiger charge is -2.09. The lowest BCUT2D eigenvalue weighted by Crippen LogP contribution is -2.12. The highest BCUT2D eigenvalue weighted by Gasteiger charge is 2.21. The van der Waals surface area contributed by atoms with Crippen LogP contribution in [0.15, 0.2) is 29.4 Å². The van der Waals surface area contributed by atoms with Gasteiger partial charge < -0.3 is 5.32 Å². The molecule has 7 nitrogen and oxygen atoms in total. The Morgan fingerprint density at radius 3 is 3.07 bits per heavy atom. The summed E-state index contributed by atoms with van der Waals surface area (Å²) in [5, 5.41) is 25.7. The van der Waals surface area contributed by atoms with Gasteiger partial charge in [-0.15, -0.1) is 16.4 Å². The molecule has 2 aromatic heterocycles. The van der Waals surface area contributed by atoms with Crippen LogP contribution in [0.1, 0.15) is 40.8 Å². The van der Waals surface area contributed by atoms with Crippen LogP contribution < -0.4 is 5.32 Å². The minimum absolute atomic E-state index is 0.0952. The maximum atomic E-state index is 12.4. The molecule has 0 saturated carbocycles. The van der Waals surface area contributed by atoms with Gasteiger partial charge in [-0.3, -0.25) is 4.79 Å². The van der Waals surface area contributed by atoms with E-state index in [0.717, 1.165) is 42.5 Å². The zero-order valence-corrected chi connectivity index (χ0v) is 17.6. The van der Waals surface area contributed by atoms with Gasteiger partial charge >= 0.3 is 0 Å². The third-order valence-electron chi connectivity index (χ3n) is 4.78. The number of nitriles is 1. The molecule has 9 heteroatoms. The van der Waals surface area contributed by atoms with Gasteiger partial charge in [0.25, 0.3) is 0 Å². The molecular formula is C20H20N6OS2. The monoisotopic (exact) mass is 424 g/mol. The number of anilines is 1. The summed E-state index contributed by atoms with van der Waals surface area (Å²) < 4.78 is 1.68. The molecule has 1 aliphatic rings. The number of nitrogens with one attached hydrogen (secondary N) is 1. The van der Waals surface area contributed by atoms with Gasteiger partial charge in [0, 0.05) is 17.1 Å². The number of fused-ring (bicyclic) bond motifs is 1. The highest BCUT2D eigenvalue weighted by atomic mass is 32.2. The van der Waals surface area contributed by atoms with Crippen molar-refractivity contribution in [3.63, 3.8) is 0 Å². The summed E-state index contributed by atoms with van der Waals surface area (Å²) in [7, 11) is 0. The summed E-state index contributed by atoms with van der Waals surface area (Å²) in [5.41, 5.74) is 3.80. The lowest BCUT2D eigenvalue weighted by atomic mass is 9.96. The van der Waals surface area contributed by atoms with Crippen LogP contribution in [-0.4, -0.2) is 31.9 Å². The number of nitrogens with zero attached hydrogens (tertiary/aromatic N) is 5. The van der Waals surface area contributed by atoms with Gasteiger partial charge in [0.1, 0.15) is 11.1 Å². The van der Waals surface area contributed by atoms with Gasteiger partial charge in [-0.25, -0.2) is 0 Å². The predicted molar refractivity (Wildman–Crippen MR) is 114 cm³/mol. The van der Waals surface area contributed by atoms with Crippen molar-refractivity contribution in [2.45, 2.75) is 44.2 Å². The molecule has 1 N–H and O–H groups in total. The van der Waals surface area contributed by atoms with Crippen LogP contribution >= 0.6 is 23.1 Å². The number of amides is 1. The number of carbonyl (C=O) groups is 1. The van der Waals surface area contributed by atoms with Crippen LogP contribution in [0.3, 0.4) is 0 Å². The Bertz CT molecular complexity index is 1080. The largest absolute Gasteiger partial charge is 0.317 e. The molecule has 1 aromatic carbocycles. The number of hydrogen-bond donors (Lipinski definition) is 1. The number of thiophene rings is 1. The molecule has 0 fully saturated rings. The number of rotatable bonds is 6. The quantitative estimate of drug-likeness (QED) is 0.603. The van der Waals surface area contributed by atoms with Crippen LogP contribution in [0, 0.1) is 18.3 Å². The average molecular weight is 425 g/mol. The third kappa shape index (κ3) is 4.33. The Morgan fingerprint density at radius 1 is 1.38 bits per heavy atom. The smallest absolute Gasteiger partial charge is 0.225 e. The van der Waals surface area contributed by atoms with Gasteiger partial charge in [0.05, 0.1) is 11.3 Å². The number of carbonyl (C=O) groups excluding carboxylic acids is 1. The number of thioether (sulfide) groups is 1. The van der Waals surface area contributed by atoms with E-state index in [1.165, 1.54) is 16.6 Å². The summed E-state index contributed by atoms with van der Waals surface area (Å²) in [5.74, 6) is 0.451. The molecule has 4 rings (SSSR count). The molecule has 0 spiro atoms. The van der Waals surface area contributed by atoms with Gasteiger partial charge in [0.15, 0.2) is 0 Å². The Kier molecular flexibility index (Phi) is 5.92. The van der Waals surface area contributed by atoms with Crippen LogP contribution in [0.2, 0.25) is 0 Å². The summed E-state index contributed by atoms with van der Waals surface area (Å²) in [4.78, 5) is 13.7. The van der Waals surface area contributed by atoms with E-state index in [4.69, 9.17) is 0 Å². The highest BCUT2D eigenvalue weighted by Crippen LogP contribution is 2.37. The Morgan fingerprint density at radius 2 is 2.24 bits per heavy atom. The standard InChI is InChI=1S/C20H20N6OS2/c1-13-5-4-6-14(11-13)26-20(23-24-25-26)28-10-9-18(27)22-19-16(12-21)15-7-2-3-8-17(15)29-19/h4-6,11H,2-3,7-10H2,1H3,(H,22,27). The molecule has 0 unspecified atom stereocenters. The minimum Gasteiger partial charge on any atom is -0.317 e. The number of benzene rings is 1. The van der Waals surface area contributed by atoms with E-state index in [2.05, 4.69) is 26.9 Å². The number of hydrogen-bond acceptors (Lipinski definition) is 7. The normalized spacial score (nSPS) is 13.0. The molecule has 3 aromatic rings. The molecule has 29 heavy (non-hydrogen) atoms. The molecular weight excluding hydrogens is 404 g/mol. The molecule has 1 amide bonds. The second-order valence-electron chi connectivity index (χ2n) is 6.89. The van der Waals surface area contributed by atoms with Gasteiger partial charge in [-0.1, -0.05) is 23.9 Å². The molecule has 2 heterocycles. The molecule has 0 radical (unpaired) electrons. The van der Waals surface area contributed by atoms with Crippen LogP contribution in [-0.2, 0) is 17.6 Å². The number of aromatic nitrogens is 4. The summed E-state index contributed by atoms with van der Waals surface area (Å²) in [6, 6.07) is 10.2. The molecule has 0 aliphatic heterocycles. The van der Waals surface area contributed by atoms with Crippen molar-refractivity contribution in [1.82, 2.24) is 20.2 Å². The van der Waals surface area contributed by atoms with E-state index in [1.807, 2.05) is 31.2 Å². The second-order valence-corrected chi connectivity index (χ2v) is 9.05. The van der Waals surface area contributed by atoms with Crippen molar-refractivity contribution in [2.75, 3.05) is 11.1 Å². The Labute approximate surface area is 177 Å². The zero-order valence-electron chi connectivity index (χ0n) is 16.0. The molecule has 0 saturated heterocycles. The van der Waals surface area contributed by atoms with Crippen molar-refractivity contribution < 1.29 is 4.79 Å². The van der Waals surface area contributed by atoms with E-state index in [-0.39, 0.29) is 5.91 Å². The number of aryl methyl sites for hydroxylation is 2. The van der Waals surface area contributed by atoms with Crippen molar-refractivity contribution in [1.29, 1.82) is 5.26 Å². The first-order valence-electron chi connectivity index (χ1n) is 9.48.